The third-order valence-electron chi connectivity index (χ3n) is 4.58. The van der Waals surface area contributed by atoms with Gasteiger partial charge in [0.05, 0.1) is 6.10 Å². The number of aliphatic hydroxyl groups excluding tert-OH is 1. The number of carbonyl (C=O) groups excluding carboxylic acids is 2. The maximum atomic E-state index is 12.5. The number of hydrogen-bond donors (Lipinski definition) is 1. The van der Waals surface area contributed by atoms with Gasteiger partial charge in [-0.1, -0.05) is 17.7 Å². The summed E-state index contributed by atoms with van der Waals surface area (Å²) in [5, 5.41) is 9.51. The van der Waals surface area contributed by atoms with Crippen LogP contribution in [0.15, 0.2) is 24.3 Å². The Kier molecular flexibility index (Phi) is 4.52. The fourth-order valence-corrected chi connectivity index (χ4v) is 3.07. The van der Waals surface area contributed by atoms with Crippen molar-refractivity contribution in [3.05, 3.63) is 29.8 Å². The van der Waals surface area contributed by atoms with Crippen molar-refractivity contribution in [1.82, 2.24) is 9.80 Å². The van der Waals surface area contributed by atoms with Crippen LogP contribution in [-0.4, -0.2) is 65.7 Å². The number of amides is 3. The van der Waals surface area contributed by atoms with Crippen molar-refractivity contribution in [1.29, 1.82) is 0 Å². The Balaban J connectivity index is 1.58. The predicted molar refractivity (Wildman–Crippen MR) is 87.3 cm³/mol. The summed E-state index contributed by atoms with van der Waals surface area (Å²) in [6.07, 6.45) is 0.939. The number of likely N-dealkylation sites (tertiary alicyclic amines) is 1. The lowest BCUT2D eigenvalue weighted by Crippen LogP contribution is -2.46. The van der Waals surface area contributed by atoms with Crippen molar-refractivity contribution >= 4 is 17.6 Å². The normalized spacial score (nSPS) is 19.6. The van der Waals surface area contributed by atoms with Crippen molar-refractivity contribution in [2.75, 3.05) is 37.6 Å². The number of aliphatic hydroxyl groups is 1. The molecule has 0 spiro atoms. The molecule has 1 aromatic rings. The molecule has 2 aliphatic rings. The van der Waals surface area contributed by atoms with Gasteiger partial charge in [-0.05, 0) is 31.9 Å². The van der Waals surface area contributed by atoms with E-state index in [4.69, 9.17) is 0 Å². The fraction of sp³-hybridized carbons (Fsp3) is 0.529. The summed E-state index contributed by atoms with van der Waals surface area (Å²) in [6.45, 7) is 4.45. The van der Waals surface area contributed by atoms with Gasteiger partial charge in [0, 0.05) is 31.9 Å². The highest BCUT2D eigenvalue weighted by Gasteiger charge is 2.32. The number of carbonyl (C=O) groups is 2. The topological polar surface area (TPSA) is 64.1 Å². The van der Waals surface area contributed by atoms with E-state index < -0.39 is 0 Å². The quantitative estimate of drug-likeness (QED) is 0.912. The maximum Gasteiger partial charge on any atom is 0.325 e. The number of nitrogens with zero attached hydrogens (tertiary/aromatic N) is 3. The van der Waals surface area contributed by atoms with Crippen LogP contribution < -0.4 is 4.90 Å². The average molecular weight is 317 g/mol. The van der Waals surface area contributed by atoms with Crippen molar-refractivity contribution < 1.29 is 14.7 Å². The largest absolute Gasteiger partial charge is 0.393 e. The van der Waals surface area contributed by atoms with Crippen LogP contribution in [0.4, 0.5) is 10.5 Å². The number of urea groups is 1. The number of anilines is 1. The van der Waals surface area contributed by atoms with E-state index in [1.54, 1.807) is 14.7 Å². The molecule has 0 unspecified atom stereocenters. The molecule has 0 aromatic heterocycles. The molecule has 2 saturated heterocycles. The minimum atomic E-state index is -0.301. The zero-order chi connectivity index (χ0) is 16.4. The molecule has 0 radical (unpaired) electrons. The van der Waals surface area contributed by atoms with E-state index in [0.29, 0.717) is 39.0 Å². The van der Waals surface area contributed by atoms with E-state index in [0.717, 1.165) is 11.3 Å². The summed E-state index contributed by atoms with van der Waals surface area (Å²) in [6, 6.07) is 7.72. The summed E-state index contributed by atoms with van der Waals surface area (Å²) in [5.41, 5.74) is 2.02. The third kappa shape index (κ3) is 3.47. The van der Waals surface area contributed by atoms with E-state index in [9.17, 15) is 14.7 Å². The van der Waals surface area contributed by atoms with Crippen molar-refractivity contribution in [3.8, 4) is 0 Å². The van der Waals surface area contributed by atoms with Gasteiger partial charge >= 0.3 is 6.03 Å². The highest BCUT2D eigenvalue weighted by molar-refractivity contribution is 5.96. The molecule has 0 bridgehead atoms. The van der Waals surface area contributed by atoms with Crippen molar-refractivity contribution in [3.63, 3.8) is 0 Å². The second-order valence-electron chi connectivity index (χ2n) is 6.30. The van der Waals surface area contributed by atoms with E-state index in [-0.39, 0.29) is 24.6 Å². The highest BCUT2D eigenvalue weighted by atomic mass is 16.3. The van der Waals surface area contributed by atoms with Gasteiger partial charge in [0.25, 0.3) is 0 Å². The van der Waals surface area contributed by atoms with Crippen LogP contribution in [0.2, 0.25) is 0 Å². The molecule has 0 atom stereocenters. The minimum absolute atomic E-state index is 0.0315. The number of aryl methyl sites for hydroxylation is 1. The molecule has 0 aliphatic carbocycles. The Morgan fingerprint density at radius 3 is 2.43 bits per heavy atom. The molecule has 3 amide bonds. The Bertz CT molecular complexity index is 579. The van der Waals surface area contributed by atoms with Crippen LogP contribution in [0.3, 0.4) is 0 Å². The number of piperidine rings is 1. The molecular formula is C17H23N3O3. The van der Waals surface area contributed by atoms with Crippen LogP contribution in [0.1, 0.15) is 18.4 Å². The smallest absolute Gasteiger partial charge is 0.325 e. The molecule has 3 rings (SSSR count). The standard InChI is InChI=1S/C17H23N3O3/c1-13-2-4-14(5-3-13)20-11-10-19(17(20)23)12-16(22)18-8-6-15(21)7-9-18/h2-5,15,21H,6-12H2,1H3. The zero-order valence-corrected chi connectivity index (χ0v) is 13.4. The Morgan fingerprint density at radius 1 is 1.13 bits per heavy atom. The van der Waals surface area contributed by atoms with Crippen LogP contribution in [0.25, 0.3) is 0 Å². The van der Waals surface area contributed by atoms with Crippen LogP contribution in [0.5, 0.6) is 0 Å². The van der Waals surface area contributed by atoms with Gasteiger partial charge in [-0.15, -0.1) is 0 Å². The summed E-state index contributed by atoms with van der Waals surface area (Å²) in [5.74, 6) is -0.0315. The van der Waals surface area contributed by atoms with Crippen molar-refractivity contribution in [2.45, 2.75) is 25.9 Å². The Morgan fingerprint density at radius 2 is 1.78 bits per heavy atom. The number of hydrogen-bond acceptors (Lipinski definition) is 3. The third-order valence-corrected chi connectivity index (χ3v) is 4.58. The lowest BCUT2D eigenvalue weighted by atomic mass is 10.1. The second kappa shape index (κ2) is 6.58. The molecule has 6 nitrogen and oxygen atoms in total. The van der Waals surface area contributed by atoms with E-state index in [1.165, 1.54) is 0 Å². The Hall–Kier alpha value is -2.08. The SMILES string of the molecule is Cc1ccc(N2CCN(CC(=O)N3CCC(O)CC3)C2=O)cc1. The lowest BCUT2D eigenvalue weighted by Gasteiger charge is -2.30. The summed E-state index contributed by atoms with van der Waals surface area (Å²) in [7, 11) is 0. The van der Waals surface area contributed by atoms with Crippen molar-refractivity contribution in [2.24, 2.45) is 0 Å². The molecule has 2 fully saturated rings. The van der Waals surface area contributed by atoms with Gasteiger partial charge < -0.3 is 14.9 Å². The second-order valence-corrected chi connectivity index (χ2v) is 6.30. The molecule has 1 aromatic carbocycles. The molecular weight excluding hydrogens is 294 g/mol. The predicted octanol–water partition coefficient (Wildman–Crippen LogP) is 1.22. The molecule has 2 aliphatic heterocycles. The molecule has 124 valence electrons. The fourth-order valence-electron chi connectivity index (χ4n) is 3.07. The zero-order valence-electron chi connectivity index (χ0n) is 13.4. The summed E-state index contributed by atoms with van der Waals surface area (Å²) in [4.78, 5) is 29.9. The van der Waals surface area contributed by atoms with Crippen LogP contribution in [-0.2, 0) is 4.79 Å². The molecule has 2 heterocycles. The van der Waals surface area contributed by atoms with Gasteiger partial charge in [0.15, 0.2) is 0 Å². The van der Waals surface area contributed by atoms with Gasteiger partial charge in [-0.25, -0.2) is 4.79 Å². The maximum absolute atomic E-state index is 12.5. The monoisotopic (exact) mass is 317 g/mol. The average Bonchev–Trinajstić information content (AvgIpc) is 2.90. The first-order valence-electron chi connectivity index (χ1n) is 8.13. The Labute approximate surface area is 136 Å². The van der Waals surface area contributed by atoms with Gasteiger partial charge in [0.2, 0.25) is 5.91 Å². The molecule has 6 heteroatoms. The molecule has 0 saturated carbocycles. The first kappa shape index (κ1) is 15.8. The van der Waals surface area contributed by atoms with E-state index in [1.807, 2.05) is 31.2 Å². The molecule has 23 heavy (non-hydrogen) atoms. The van der Waals surface area contributed by atoms with E-state index in [2.05, 4.69) is 0 Å². The van der Waals surface area contributed by atoms with Crippen LogP contribution >= 0.6 is 0 Å². The first-order chi connectivity index (χ1) is 11.0. The van der Waals surface area contributed by atoms with Gasteiger partial charge in [-0.2, -0.15) is 0 Å². The highest BCUT2D eigenvalue weighted by Crippen LogP contribution is 2.21. The summed E-state index contributed by atoms with van der Waals surface area (Å²) >= 11 is 0. The number of rotatable bonds is 3. The first-order valence-corrected chi connectivity index (χ1v) is 8.13. The van der Waals surface area contributed by atoms with E-state index >= 15 is 0 Å². The van der Waals surface area contributed by atoms with Gasteiger partial charge in [-0.3, -0.25) is 9.69 Å². The lowest BCUT2D eigenvalue weighted by molar-refractivity contribution is -0.133. The number of benzene rings is 1. The van der Waals surface area contributed by atoms with Crippen LogP contribution in [0, 0.1) is 6.92 Å². The van der Waals surface area contributed by atoms with Gasteiger partial charge in [0.1, 0.15) is 6.54 Å². The summed E-state index contributed by atoms with van der Waals surface area (Å²) < 4.78 is 0. The molecule has 1 N–H and O–H groups in total. The minimum Gasteiger partial charge on any atom is -0.393 e.